The van der Waals surface area contributed by atoms with E-state index in [1.54, 1.807) is 0 Å². The standard InChI is InChI=1S/FH.H3N.H2O2/c;;1-2/h1H;1H3;1-2H. The second-order valence-electron chi connectivity index (χ2n) is 0. The average molecular weight is 71.1 g/mol. The second-order valence-corrected chi connectivity index (χ2v) is 0. The van der Waals surface area contributed by atoms with Gasteiger partial charge >= 0.3 is 0 Å². The van der Waals surface area contributed by atoms with Crippen molar-refractivity contribution in [2.24, 2.45) is 0 Å². The molecule has 0 heterocycles. The molecule has 4 heavy (non-hydrogen) atoms. The highest BCUT2D eigenvalue weighted by Crippen LogP contribution is 0.711. The maximum absolute atomic E-state index is 6.00. The summed E-state index contributed by atoms with van der Waals surface area (Å²) >= 11 is 0. The van der Waals surface area contributed by atoms with Gasteiger partial charge in [-0.05, 0) is 0 Å². The van der Waals surface area contributed by atoms with Gasteiger partial charge in [0.2, 0.25) is 0 Å². The summed E-state index contributed by atoms with van der Waals surface area (Å²) in [5.41, 5.74) is 0. The fourth-order valence-corrected chi connectivity index (χ4v) is 0. The summed E-state index contributed by atoms with van der Waals surface area (Å²) in [4.78, 5) is 0. The third-order valence-corrected chi connectivity index (χ3v) is 0. The van der Waals surface area contributed by atoms with E-state index in [2.05, 4.69) is 0 Å². The molecule has 0 aliphatic rings. The van der Waals surface area contributed by atoms with Gasteiger partial charge < -0.3 is 10.9 Å². The lowest BCUT2D eigenvalue weighted by atomic mass is 14.0. The van der Waals surface area contributed by atoms with E-state index in [1.807, 2.05) is 0 Å². The van der Waals surface area contributed by atoms with Gasteiger partial charge in [0.05, 0.1) is 0 Å². The van der Waals surface area contributed by atoms with Crippen molar-refractivity contribution < 1.29 is 15.2 Å². The highest BCUT2D eigenvalue weighted by Gasteiger charge is 0.745. The SMILES string of the molecule is OO.[F-].[NH4+]. The first kappa shape index (κ1) is 45.9. The molecule has 3 nitrogen and oxygen atoms in total. The Hall–Kier alpha value is -0.190. The van der Waals surface area contributed by atoms with Crippen LogP contribution in [-0.4, -0.2) is 10.5 Å². The normalized spacial score (nSPS) is 1.50. The molecule has 0 radical (unpaired) electrons. The number of hydrogen-bond acceptors (Lipinski definition) is 2. The van der Waals surface area contributed by atoms with Crippen molar-refractivity contribution in [3.05, 3.63) is 0 Å². The summed E-state index contributed by atoms with van der Waals surface area (Å²) in [5, 5.41) is 12.0. The zero-order valence-electron chi connectivity index (χ0n) is 2.27. The quantitative estimate of drug-likeness (QED) is 0.216. The van der Waals surface area contributed by atoms with Crippen molar-refractivity contribution in [3.8, 4) is 0 Å². The van der Waals surface area contributed by atoms with Crippen LogP contribution < -0.4 is 10.9 Å². The molecular formula is H6FNO2. The number of quaternary nitrogens is 1. The molecule has 0 atom stereocenters. The van der Waals surface area contributed by atoms with Gasteiger partial charge in [0.1, 0.15) is 0 Å². The van der Waals surface area contributed by atoms with Crippen LogP contribution in [-0.2, 0) is 0 Å². The monoisotopic (exact) mass is 71.0 g/mol. The van der Waals surface area contributed by atoms with Gasteiger partial charge in [-0.1, -0.05) is 0 Å². The molecule has 0 rings (SSSR count). The fourth-order valence-electron chi connectivity index (χ4n) is 0. The Kier molecular flexibility index (Phi) is 2920. The van der Waals surface area contributed by atoms with Gasteiger partial charge in [-0.2, -0.15) is 0 Å². The highest BCUT2D eigenvalue weighted by molar-refractivity contribution is 2.13. The average Bonchev–Trinajstić information content (AvgIpc) is 1.00. The van der Waals surface area contributed by atoms with E-state index in [0.717, 1.165) is 0 Å². The van der Waals surface area contributed by atoms with Crippen LogP contribution in [0.3, 0.4) is 0 Å². The third kappa shape index (κ3) is 32.9. The molecule has 0 spiro atoms. The molecule has 30 valence electrons. The highest BCUT2D eigenvalue weighted by atomic mass is 19.0. The Bertz CT molecular complexity index is 6.00. The molecule has 0 aliphatic heterocycles. The Balaban J connectivity index is -0.00000000500. The van der Waals surface area contributed by atoms with Gasteiger partial charge in [0.25, 0.3) is 0 Å². The van der Waals surface area contributed by atoms with E-state index >= 15 is 0 Å². The van der Waals surface area contributed by atoms with Crippen molar-refractivity contribution >= 4 is 0 Å². The Labute approximate surface area is 22.8 Å². The molecule has 0 aliphatic carbocycles. The van der Waals surface area contributed by atoms with Crippen LogP contribution in [0.1, 0.15) is 0 Å². The van der Waals surface area contributed by atoms with E-state index in [1.165, 1.54) is 0 Å². The maximum Gasteiger partial charge on any atom is -0.255 e. The molecule has 0 aromatic rings. The molecule has 0 aromatic carbocycles. The van der Waals surface area contributed by atoms with Crippen molar-refractivity contribution in [3.63, 3.8) is 0 Å². The summed E-state index contributed by atoms with van der Waals surface area (Å²) in [6.45, 7) is 0. The van der Waals surface area contributed by atoms with Crippen LogP contribution >= 0.6 is 0 Å². The molecule has 0 saturated heterocycles. The molecular weight excluding hydrogens is 65.0 g/mol. The van der Waals surface area contributed by atoms with Crippen molar-refractivity contribution in [1.82, 2.24) is 6.15 Å². The molecule has 4 heteroatoms. The molecule has 0 saturated carbocycles. The predicted molar refractivity (Wildman–Crippen MR) is 11.2 cm³/mol. The molecule has 6 N–H and O–H groups in total. The smallest absolute Gasteiger partial charge is 0.255 e. The maximum atomic E-state index is 6.00. The molecule has 0 amide bonds. The number of hydrogen-bond donors (Lipinski definition) is 3. The van der Waals surface area contributed by atoms with Crippen molar-refractivity contribution in [2.75, 3.05) is 0 Å². The first-order valence-corrected chi connectivity index (χ1v) is 0.200. The summed E-state index contributed by atoms with van der Waals surface area (Å²) in [6.07, 6.45) is 0. The lowest BCUT2D eigenvalue weighted by molar-refractivity contribution is -0.176. The third-order valence-electron chi connectivity index (χ3n) is 0. The summed E-state index contributed by atoms with van der Waals surface area (Å²) in [7, 11) is 0. The van der Waals surface area contributed by atoms with Crippen LogP contribution in [0, 0.1) is 0 Å². The summed E-state index contributed by atoms with van der Waals surface area (Å²) in [6, 6.07) is 0. The van der Waals surface area contributed by atoms with Crippen LogP contribution in [0.4, 0.5) is 0 Å². The van der Waals surface area contributed by atoms with Crippen LogP contribution in [0.25, 0.3) is 0 Å². The van der Waals surface area contributed by atoms with E-state index in [4.69, 9.17) is 10.5 Å². The zero-order chi connectivity index (χ0) is 2.00. The summed E-state index contributed by atoms with van der Waals surface area (Å²) < 4.78 is 0. The van der Waals surface area contributed by atoms with Crippen molar-refractivity contribution in [1.29, 1.82) is 0 Å². The van der Waals surface area contributed by atoms with Crippen LogP contribution in [0.2, 0.25) is 0 Å². The Morgan fingerprint density at radius 2 is 1.00 bits per heavy atom. The van der Waals surface area contributed by atoms with E-state index in [9.17, 15) is 0 Å². The minimum absolute atomic E-state index is 0. The van der Waals surface area contributed by atoms with Crippen LogP contribution in [0.15, 0.2) is 0 Å². The topological polar surface area (TPSA) is 77.0 Å². The van der Waals surface area contributed by atoms with Crippen molar-refractivity contribution in [2.45, 2.75) is 0 Å². The van der Waals surface area contributed by atoms with E-state index < -0.39 is 0 Å². The molecule has 0 unspecified atom stereocenters. The van der Waals surface area contributed by atoms with E-state index in [0.29, 0.717) is 0 Å². The number of rotatable bonds is 0. The van der Waals surface area contributed by atoms with Gasteiger partial charge in [-0.3, -0.25) is 10.5 Å². The number of halogens is 1. The second kappa shape index (κ2) is 255. The summed E-state index contributed by atoms with van der Waals surface area (Å²) in [5.74, 6) is 0. The van der Waals surface area contributed by atoms with Crippen LogP contribution in [0.5, 0.6) is 0 Å². The largest absolute Gasteiger partial charge is 1.00 e. The van der Waals surface area contributed by atoms with Gasteiger partial charge in [-0.25, -0.2) is 0 Å². The lowest BCUT2D eigenvalue weighted by Gasteiger charge is -1.25. The lowest BCUT2D eigenvalue weighted by Crippen LogP contribution is -3.00. The molecule has 0 bridgehead atoms. The predicted octanol–water partition coefficient (Wildman–Crippen LogP) is -2.60. The molecule has 0 aromatic heterocycles. The Morgan fingerprint density at radius 3 is 1.00 bits per heavy atom. The van der Waals surface area contributed by atoms with E-state index in [-0.39, 0.29) is 10.9 Å². The fraction of sp³-hybridized carbons (Fsp3) is 0. The minimum atomic E-state index is 0. The first-order valence-electron chi connectivity index (χ1n) is 0.200. The van der Waals surface area contributed by atoms with Gasteiger partial charge in [0, 0.05) is 0 Å². The minimum Gasteiger partial charge on any atom is -1.00 e. The molecule has 0 fully saturated rings. The van der Waals surface area contributed by atoms with Gasteiger partial charge in [0.15, 0.2) is 0 Å². The zero-order valence-corrected chi connectivity index (χ0v) is 2.27. The Morgan fingerprint density at radius 1 is 1.00 bits per heavy atom. The first-order chi connectivity index (χ1) is 1.00. The van der Waals surface area contributed by atoms with Gasteiger partial charge in [-0.15, -0.1) is 0 Å².